The van der Waals surface area contributed by atoms with E-state index in [1.165, 1.54) is 19.9 Å². The number of carbonyl (C=O) groups excluding carboxylic acids is 1. The summed E-state index contributed by atoms with van der Waals surface area (Å²) < 4.78 is 11.4. The fraction of sp³-hybridized carbons (Fsp3) is 0.250. The van der Waals surface area contributed by atoms with Crippen molar-refractivity contribution >= 4 is 52.2 Å². The summed E-state index contributed by atoms with van der Waals surface area (Å²) in [6, 6.07) is 9.29. The van der Waals surface area contributed by atoms with Gasteiger partial charge in [0.1, 0.15) is 11.3 Å². The van der Waals surface area contributed by atoms with Gasteiger partial charge >= 0.3 is 5.97 Å². The minimum Gasteiger partial charge on any atom is -0.478 e. The molecule has 3 rings (SSSR count). The first-order valence-electron chi connectivity index (χ1n) is 9.55. The molecule has 0 atom stereocenters. The molecule has 5 nitrogen and oxygen atoms in total. The lowest BCUT2D eigenvalue weighted by Crippen LogP contribution is -2.38. The van der Waals surface area contributed by atoms with Gasteiger partial charge in [-0.15, -0.1) is 11.8 Å². The predicted molar refractivity (Wildman–Crippen MR) is 125 cm³/mol. The number of carboxylic acids is 1. The van der Waals surface area contributed by atoms with E-state index in [0.29, 0.717) is 21.7 Å². The van der Waals surface area contributed by atoms with Crippen molar-refractivity contribution in [3.8, 4) is 5.75 Å². The number of fused-ring (bicyclic) bond motifs is 1. The Bertz CT molecular complexity index is 1180. The van der Waals surface area contributed by atoms with Gasteiger partial charge in [0.25, 0.3) is 0 Å². The van der Waals surface area contributed by atoms with Crippen LogP contribution in [0.25, 0.3) is 17.0 Å². The summed E-state index contributed by atoms with van der Waals surface area (Å²) in [5.41, 5.74) is 1.54. The molecule has 2 aromatic carbocycles. The highest BCUT2D eigenvalue weighted by Crippen LogP contribution is 2.34. The van der Waals surface area contributed by atoms with Gasteiger partial charge in [-0.3, -0.25) is 4.79 Å². The summed E-state index contributed by atoms with van der Waals surface area (Å²) in [4.78, 5) is 25.1. The Kier molecular flexibility index (Phi) is 6.53. The number of aliphatic carboxylic acids is 1. The molecule has 1 heterocycles. The molecule has 0 fully saturated rings. The molecule has 162 valence electrons. The molecule has 0 unspecified atom stereocenters. The summed E-state index contributed by atoms with van der Waals surface area (Å²) >= 11 is 7.95. The van der Waals surface area contributed by atoms with E-state index < -0.39 is 11.6 Å². The number of ether oxygens (including phenoxy) is 1. The van der Waals surface area contributed by atoms with Gasteiger partial charge in [-0.1, -0.05) is 17.7 Å². The standard InChI is InChI=1S/C24H23ClO5S/c1-13-10-15(11-14(2)21(13)30-24(3,4)23(27)28)6-9-18(26)22-20(25)17-8-7-16(31-5)12-19(17)29-22/h6-12H,1-5H3,(H,27,28)/b9-6+. The van der Waals surface area contributed by atoms with Crippen LogP contribution in [-0.4, -0.2) is 28.7 Å². The van der Waals surface area contributed by atoms with E-state index in [-0.39, 0.29) is 11.5 Å². The van der Waals surface area contributed by atoms with Gasteiger partial charge in [-0.2, -0.15) is 0 Å². The molecule has 0 saturated heterocycles. The number of furan rings is 1. The average Bonchev–Trinajstić information content (AvgIpc) is 3.04. The zero-order valence-electron chi connectivity index (χ0n) is 17.9. The Balaban J connectivity index is 1.86. The topological polar surface area (TPSA) is 76.7 Å². The first-order valence-corrected chi connectivity index (χ1v) is 11.2. The fourth-order valence-corrected chi connectivity index (χ4v) is 3.84. The van der Waals surface area contributed by atoms with Gasteiger partial charge < -0.3 is 14.3 Å². The van der Waals surface area contributed by atoms with Crippen molar-refractivity contribution in [3.05, 3.63) is 63.9 Å². The van der Waals surface area contributed by atoms with Gasteiger partial charge in [-0.05, 0) is 87.0 Å². The predicted octanol–water partition coefficient (Wildman–Crippen LogP) is 6.56. The molecule has 0 amide bonds. The number of allylic oxidation sites excluding steroid dienone is 1. The van der Waals surface area contributed by atoms with Crippen molar-refractivity contribution in [2.24, 2.45) is 0 Å². The number of carbonyl (C=O) groups is 2. The molecular formula is C24H23ClO5S. The van der Waals surface area contributed by atoms with Gasteiger partial charge in [0.15, 0.2) is 11.4 Å². The van der Waals surface area contributed by atoms with E-state index in [0.717, 1.165) is 21.6 Å². The van der Waals surface area contributed by atoms with E-state index in [9.17, 15) is 14.7 Å². The quantitative estimate of drug-likeness (QED) is 0.245. The minimum absolute atomic E-state index is 0.0998. The molecule has 1 aromatic heterocycles. The summed E-state index contributed by atoms with van der Waals surface area (Å²) in [5.74, 6) is -0.772. The van der Waals surface area contributed by atoms with Crippen LogP contribution in [0.3, 0.4) is 0 Å². The molecule has 0 saturated carbocycles. The number of aryl methyl sites for hydroxylation is 2. The summed E-state index contributed by atoms with van der Waals surface area (Å²) in [6.45, 7) is 6.66. The highest BCUT2D eigenvalue weighted by atomic mass is 35.5. The molecule has 0 bridgehead atoms. The minimum atomic E-state index is -1.35. The van der Waals surface area contributed by atoms with Crippen LogP contribution >= 0.6 is 23.4 Å². The van der Waals surface area contributed by atoms with Crippen LogP contribution in [0.5, 0.6) is 5.75 Å². The van der Waals surface area contributed by atoms with Gasteiger partial charge in [0.05, 0.1) is 5.02 Å². The van der Waals surface area contributed by atoms with Crippen molar-refractivity contribution < 1.29 is 23.8 Å². The number of halogens is 1. The van der Waals surface area contributed by atoms with Crippen LogP contribution in [0.2, 0.25) is 5.02 Å². The summed E-state index contributed by atoms with van der Waals surface area (Å²) in [7, 11) is 0. The number of benzene rings is 2. The van der Waals surface area contributed by atoms with E-state index in [1.807, 2.05) is 50.4 Å². The highest BCUT2D eigenvalue weighted by Gasteiger charge is 2.30. The Morgan fingerprint density at radius 1 is 1.16 bits per heavy atom. The smallest absolute Gasteiger partial charge is 0.347 e. The lowest BCUT2D eigenvalue weighted by molar-refractivity contribution is -0.152. The second kappa shape index (κ2) is 8.81. The molecule has 0 aliphatic rings. The number of thioether (sulfide) groups is 1. The number of carboxylic acid groups (broad SMARTS) is 1. The van der Waals surface area contributed by atoms with Crippen molar-refractivity contribution in [1.29, 1.82) is 0 Å². The van der Waals surface area contributed by atoms with Crippen molar-refractivity contribution in [1.82, 2.24) is 0 Å². The van der Waals surface area contributed by atoms with Gasteiger partial charge in [-0.25, -0.2) is 4.79 Å². The van der Waals surface area contributed by atoms with Crippen LogP contribution in [0, 0.1) is 13.8 Å². The maximum absolute atomic E-state index is 12.7. The molecule has 7 heteroatoms. The number of hydrogen-bond acceptors (Lipinski definition) is 5. The Hall–Kier alpha value is -2.70. The maximum Gasteiger partial charge on any atom is 0.347 e. The summed E-state index contributed by atoms with van der Waals surface area (Å²) in [5, 5.41) is 10.3. The molecule has 0 aliphatic heterocycles. The SMILES string of the molecule is CSc1ccc2c(Cl)c(C(=O)/C=C/c3cc(C)c(OC(C)(C)C(=O)O)c(C)c3)oc2c1. The van der Waals surface area contributed by atoms with Gasteiger partial charge in [0.2, 0.25) is 5.78 Å². The van der Waals surface area contributed by atoms with E-state index in [2.05, 4.69) is 0 Å². The molecule has 0 radical (unpaired) electrons. The third-order valence-electron chi connectivity index (χ3n) is 4.84. The van der Waals surface area contributed by atoms with E-state index in [4.69, 9.17) is 20.8 Å². The van der Waals surface area contributed by atoms with E-state index >= 15 is 0 Å². The molecule has 31 heavy (non-hydrogen) atoms. The lowest BCUT2D eigenvalue weighted by atomic mass is 10.0. The van der Waals surface area contributed by atoms with Crippen molar-refractivity contribution in [2.45, 2.75) is 38.2 Å². The largest absolute Gasteiger partial charge is 0.478 e. The number of ketones is 1. The fourth-order valence-electron chi connectivity index (χ4n) is 3.12. The van der Waals surface area contributed by atoms with Crippen molar-refractivity contribution in [3.63, 3.8) is 0 Å². The number of hydrogen-bond donors (Lipinski definition) is 1. The zero-order valence-corrected chi connectivity index (χ0v) is 19.5. The maximum atomic E-state index is 12.7. The van der Waals surface area contributed by atoms with Crippen LogP contribution in [0.4, 0.5) is 0 Å². The van der Waals surface area contributed by atoms with Crippen LogP contribution < -0.4 is 4.74 Å². The summed E-state index contributed by atoms with van der Waals surface area (Å²) in [6.07, 6.45) is 5.05. The highest BCUT2D eigenvalue weighted by molar-refractivity contribution is 7.98. The lowest BCUT2D eigenvalue weighted by Gasteiger charge is -2.24. The Labute approximate surface area is 190 Å². The van der Waals surface area contributed by atoms with Gasteiger partial charge in [0, 0.05) is 10.3 Å². The normalized spacial score (nSPS) is 11.9. The third-order valence-corrected chi connectivity index (χ3v) is 5.94. The Morgan fingerprint density at radius 3 is 2.39 bits per heavy atom. The molecule has 0 aliphatic carbocycles. The van der Waals surface area contributed by atoms with Crippen LogP contribution in [-0.2, 0) is 4.79 Å². The molecule has 3 aromatic rings. The van der Waals surface area contributed by atoms with Crippen molar-refractivity contribution in [2.75, 3.05) is 6.26 Å². The first-order chi connectivity index (χ1) is 14.5. The molecule has 0 spiro atoms. The first kappa shape index (κ1) is 23.0. The van der Waals surface area contributed by atoms with E-state index in [1.54, 1.807) is 17.8 Å². The Morgan fingerprint density at radius 2 is 1.81 bits per heavy atom. The second-order valence-corrected chi connectivity index (χ2v) is 8.96. The van der Waals surface area contributed by atoms with Crippen LogP contribution in [0.15, 0.2) is 45.7 Å². The molecule has 1 N–H and O–H groups in total. The third kappa shape index (κ3) is 4.81. The average molecular weight is 459 g/mol. The monoisotopic (exact) mass is 458 g/mol. The molecular weight excluding hydrogens is 436 g/mol. The number of rotatable bonds is 7. The second-order valence-electron chi connectivity index (χ2n) is 7.71. The zero-order chi connectivity index (χ0) is 22.9. The van der Waals surface area contributed by atoms with Crippen LogP contribution in [0.1, 0.15) is 41.1 Å².